The van der Waals surface area contributed by atoms with Crippen LogP contribution in [0.4, 0.5) is 10.6 Å². The van der Waals surface area contributed by atoms with Crippen LogP contribution in [0.2, 0.25) is 0 Å². The Morgan fingerprint density at radius 2 is 1.73 bits per heavy atom. The minimum Gasteiger partial charge on any atom is -0.491 e. The zero-order valence-electron chi connectivity index (χ0n) is 29.2. The first-order valence-electron chi connectivity index (χ1n) is 17.4. The third-order valence-corrected chi connectivity index (χ3v) is 10.3. The van der Waals surface area contributed by atoms with E-state index in [1.807, 2.05) is 55.0 Å². The zero-order valence-corrected chi connectivity index (χ0v) is 29.2. The molecule has 4 atom stereocenters. The van der Waals surface area contributed by atoms with E-state index in [1.54, 1.807) is 42.3 Å². The number of anilines is 1. The van der Waals surface area contributed by atoms with E-state index in [2.05, 4.69) is 26.0 Å². The predicted molar refractivity (Wildman–Crippen MR) is 187 cm³/mol. The maximum absolute atomic E-state index is 13.2. The van der Waals surface area contributed by atoms with Gasteiger partial charge in [-0.1, -0.05) is 0 Å². The highest BCUT2D eigenvalue weighted by Crippen LogP contribution is 2.37. The normalized spacial score (nSPS) is 22.5. The summed E-state index contributed by atoms with van der Waals surface area (Å²) in [5.41, 5.74) is 2.86. The Hall–Kier alpha value is -5.42. The summed E-state index contributed by atoms with van der Waals surface area (Å²) in [6.07, 6.45) is 8.56. The summed E-state index contributed by atoms with van der Waals surface area (Å²) in [6.45, 7) is 9.58. The Bertz CT molecular complexity index is 1980. The van der Waals surface area contributed by atoms with E-state index in [0.29, 0.717) is 73.1 Å². The van der Waals surface area contributed by atoms with Crippen molar-refractivity contribution in [2.75, 3.05) is 51.3 Å². The van der Waals surface area contributed by atoms with Crippen molar-refractivity contribution in [2.45, 2.75) is 63.4 Å². The molecule has 0 aromatic carbocycles. The fourth-order valence-electron chi connectivity index (χ4n) is 7.91. The van der Waals surface area contributed by atoms with Crippen molar-refractivity contribution in [3.63, 3.8) is 0 Å². The zero-order chi connectivity index (χ0) is 35.4. The van der Waals surface area contributed by atoms with Gasteiger partial charge in [-0.3, -0.25) is 9.69 Å². The van der Waals surface area contributed by atoms with Gasteiger partial charge in [-0.2, -0.15) is 10.4 Å². The number of hydrogen-bond donors (Lipinski definition) is 0. The lowest BCUT2D eigenvalue weighted by Gasteiger charge is -2.56. The average molecular weight is 692 g/mol. The van der Waals surface area contributed by atoms with E-state index in [0.717, 1.165) is 36.3 Å². The molecule has 4 unspecified atom stereocenters. The topological polar surface area (TPSA) is 142 Å². The molecule has 264 valence electrons. The highest BCUT2D eigenvalue weighted by molar-refractivity contribution is 5.95. The van der Waals surface area contributed by atoms with E-state index in [-0.39, 0.29) is 24.1 Å². The van der Waals surface area contributed by atoms with Crippen molar-refractivity contribution in [1.82, 2.24) is 34.3 Å². The number of pyridine rings is 3. The van der Waals surface area contributed by atoms with Crippen molar-refractivity contribution < 1.29 is 23.8 Å². The maximum atomic E-state index is 13.2. The second-order valence-corrected chi connectivity index (χ2v) is 14.7. The van der Waals surface area contributed by atoms with Gasteiger partial charge in [-0.25, -0.2) is 19.3 Å². The molecule has 0 saturated carbocycles. The number of hydrogen-bond acceptors (Lipinski definition) is 11. The number of amides is 2. The molecule has 0 aliphatic carbocycles. The van der Waals surface area contributed by atoms with Gasteiger partial charge in [0.2, 0.25) is 5.88 Å². The van der Waals surface area contributed by atoms with Gasteiger partial charge < -0.3 is 28.9 Å². The molecule has 4 aromatic rings. The predicted octanol–water partition coefficient (Wildman–Crippen LogP) is 3.85. The highest BCUT2D eigenvalue weighted by atomic mass is 16.6. The Balaban J connectivity index is 0.919. The molecule has 4 bridgehead atoms. The lowest BCUT2D eigenvalue weighted by atomic mass is 9.86. The van der Waals surface area contributed by atoms with Crippen LogP contribution in [0.3, 0.4) is 0 Å². The minimum atomic E-state index is -0.511. The Labute approximate surface area is 296 Å². The Morgan fingerprint density at radius 3 is 2.37 bits per heavy atom. The Morgan fingerprint density at radius 1 is 0.961 bits per heavy atom. The van der Waals surface area contributed by atoms with Crippen molar-refractivity contribution in [1.29, 1.82) is 5.26 Å². The molecular formula is C37H41N9O5. The third kappa shape index (κ3) is 6.16. The lowest BCUT2D eigenvalue weighted by molar-refractivity contribution is -0.0768. The fraction of sp³-hybridized carbons (Fsp3) is 0.459. The van der Waals surface area contributed by atoms with Gasteiger partial charge in [0.15, 0.2) is 0 Å². The smallest absolute Gasteiger partial charge is 0.410 e. The first-order valence-corrected chi connectivity index (χ1v) is 17.4. The second kappa shape index (κ2) is 12.7. The number of carbonyl (C=O) groups is 2. The SMILES string of the molecule is COc1ccc(C(=O)N2C3CC2CN(c2ccc(-c4cc(OCCN5C6CC5CN(C(=O)OC(C)(C)C)C6)cn5ncc(C#N)c45)cn2)C3)cn1. The first kappa shape index (κ1) is 32.8. The number of carbonyl (C=O) groups excluding carboxylic acids is 2. The molecule has 5 saturated heterocycles. The van der Waals surface area contributed by atoms with Crippen molar-refractivity contribution in [2.24, 2.45) is 0 Å². The van der Waals surface area contributed by atoms with Gasteiger partial charge >= 0.3 is 6.09 Å². The number of methoxy groups -OCH3 is 1. The summed E-state index contributed by atoms with van der Waals surface area (Å²) in [4.78, 5) is 43.3. The molecule has 14 nitrogen and oxygen atoms in total. The standard InChI is InChI=1S/C37H41N9O5/c1-37(2,3)51-36(48)43-18-26-11-27(19-43)44(26)9-10-50-30-13-31(34-25(14-38)17-41-45(34)22-30)23-5-7-32(39-15-23)42-20-28-12-29(21-42)46(28)35(47)24-6-8-33(49-4)40-16-24/h5-8,13,15-17,22,26-29H,9-12,18-21H2,1-4H3. The van der Waals surface area contributed by atoms with Gasteiger partial charge in [0.05, 0.1) is 48.2 Å². The number of likely N-dealkylation sites (tertiary alicyclic amines) is 2. The fourth-order valence-corrected chi connectivity index (χ4v) is 7.91. The van der Waals surface area contributed by atoms with Gasteiger partial charge in [-0.15, -0.1) is 0 Å². The van der Waals surface area contributed by atoms with Crippen LogP contribution in [0.15, 0.2) is 55.1 Å². The molecule has 4 aromatic heterocycles. The summed E-state index contributed by atoms with van der Waals surface area (Å²) in [5, 5.41) is 14.3. The van der Waals surface area contributed by atoms with Gasteiger partial charge in [-0.05, 0) is 57.9 Å². The third-order valence-electron chi connectivity index (χ3n) is 10.3. The molecule has 9 heterocycles. The number of nitriles is 1. The number of piperidine rings is 2. The molecule has 5 aliphatic rings. The molecule has 0 spiro atoms. The quantitative estimate of drug-likeness (QED) is 0.266. The van der Waals surface area contributed by atoms with Gasteiger partial charge in [0, 0.05) is 74.4 Å². The van der Waals surface area contributed by atoms with Gasteiger partial charge in [0.1, 0.15) is 29.8 Å². The van der Waals surface area contributed by atoms with Crippen LogP contribution < -0.4 is 14.4 Å². The van der Waals surface area contributed by atoms with Crippen LogP contribution in [-0.2, 0) is 4.74 Å². The first-order chi connectivity index (χ1) is 24.6. The molecule has 5 fully saturated rings. The molecule has 0 radical (unpaired) electrons. The van der Waals surface area contributed by atoms with Crippen molar-refractivity contribution in [3.05, 3.63) is 66.2 Å². The molecule has 2 amide bonds. The largest absolute Gasteiger partial charge is 0.491 e. The number of fused-ring (bicyclic) bond motifs is 5. The summed E-state index contributed by atoms with van der Waals surface area (Å²) < 4.78 is 18.7. The van der Waals surface area contributed by atoms with Crippen molar-refractivity contribution >= 4 is 23.3 Å². The lowest BCUT2D eigenvalue weighted by Crippen LogP contribution is -2.70. The molecular weight excluding hydrogens is 650 g/mol. The average Bonchev–Trinajstić information content (AvgIpc) is 3.55. The number of piperazine rings is 2. The summed E-state index contributed by atoms with van der Waals surface area (Å²) in [7, 11) is 1.55. The van der Waals surface area contributed by atoms with Crippen molar-refractivity contribution in [3.8, 4) is 28.8 Å². The summed E-state index contributed by atoms with van der Waals surface area (Å²) >= 11 is 0. The summed E-state index contributed by atoms with van der Waals surface area (Å²) in [5.74, 6) is 1.96. The van der Waals surface area contributed by atoms with Crippen LogP contribution in [0.25, 0.3) is 16.6 Å². The van der Waals surface area contributed by atoms with E-state index in [1.165, 1.54) is 0 Å². The molecule has 9 rings (SSSR count). The maximum Gasteiger partial charge on any atom is 0.410 e. The number of nitrogens with zero attached hydrogens (tertiary/aromatic N) is 9. The minimum absolute atomic E-state index is 0.00727. The number of aromatic nitrogens is 4. The Kier molecular flexibility index (Phi) is 8.17. The summed E-state index contributed by atoms with van der Waals surface area (Å²) in [6, 6.07) is 12.5. The molecule has 51 heavy (non-hydrogen) atoms. The molecule has 5 aliphatic heterocycles. The van der Waals surface area contributed by atoms with E-state index in [9.17, 15) is 14.9 Å². The van der Waals surface area contributed by atoms with Crippen LogP contribution in [0, 0.1) is 11.3 Å². The van der Waals surface area contributed by atoms with Crippen LogP contribution in [0.5, 0.6) is 11.6 Å². The van der Waals surface area contributed by atoms with E-state index in [4.69, 9.17) is 19.2 Å². The van der Waals surface area contributed by atoms with Crippen LogP contribution in [0.1, 0.15) is 49.5 Å². The second-order valence-electron chi connectivity index (χ2n) is 14.7. The molecule has 14 heteroatoms. The highest BCUT2D eigenvalue weighted by Gasteiger charge is 2.48. The van der Waals surface area contributed by atoms with E-state index >= 15 is 0 Å². The monoisotopic (exact) mass is 691 g/mol. The van der Waals surface area contributed by atoms with E-state index < -0.39 is 5.60 Å². The number of rotatable bonds is 8. The number of ether oxygens (including phenoxy) is 3. The van der Waals surface area contributed by atoms with Crippen LogP contribution >= 0.6 is 0 Å². The van der Waals surface area contributed by atoms with Gasteiger partial charge in [0.25, 0.3) is 5.91 Å². The van der Waals surface area contributed by atoms with Crippen LogP contribution in [-0.4, -0.2) is 122 Å². The molecule has 0 N–H and O–H groups in total.